The monoisotopic (exact) mass is 135 g/mol. The van der Waals surface area contributed by atoms with E-state index in [1.807, 2.05) is 0 Å². The lowest BCUT2D eigenvalue weighted by atomic mass is 10.4. The zero-order chi connectivity index (χ0) is 6.81. The van der Waals surface area contributed by atoms with E-state index in [1.54, 1.807) is 6.20 Å². The lowest BCUT2D eigenvalue weighted by Crippen LogP contribution is -1.71. The van der Waals surface area contributed by atoms with Gasteiger partial charge in [0.05, 0.1) is 12.4 Å². The van der Waals surface area contributed by atoms with Gasteiger partial charge in [-0.15, -0.1) is 5.10 Å². The van der Waals surface area contributed by atoms with Crippen molar-refractivity contribution in [1.29, 1.82) is 0 Å². The van der Waals surface area contributed by atoms with Crippen LogP contribution < -0.4 is 0 Å². The summed E-state index contributed by atoms with van der Waals surface area (Å²) in [7, 11) is 0. The summed E-state index contributed by atoms with van der Waals surface area (Å²) in [4.78, 5) is 3.60. The van der Waals surface area contributed by atoms with Crippen LogP contribution in [0.15, 0.2) is 16.8 Å². The summed E-state index contributed by atoms with van der Waals surface area (Å²) in [5.41, 5.74) is 0.633. The van der Waals surface area contributed by atoms with Gasteiger partial charge in [0.2, 0.25) is 0 Å². The maximum absolute atomic E-state index is 4.82. The Kier molecular flexibility index (Phi) is 1.00. The van der Waals surface area contributed by atoms with Gasteiger partial charge < -0.3 is 4.42 Å². The van der Waals surface area contributed by atoms with E-state index >= 15 is 0 Å². The van der Waals surface area contributed by atoms with Crippen LogP contribution >= 0.6 is 0 Å². The van der Waals surface area contributed by atoms with Crippen LogP contribution in [0.5, 0.6) is 0 Å². The molecule has 0 atom stereocenters. The zero-order valence-electron chi connectivity index (χ0n) is 4.90. The molecule has 2 aromatic rings. The minimum atomic E-state index is 0.564. The predicted molar refractivity (Wildman–Crippen MR) is 30.7 cm³/mol. The average Bonchev–Trinajstić information content (AvgIpc) is 2.59. The van der Waals surface area contributed by atoms with E-state index in [0.717, 1.165) is 0 Å². The van der Waals surface area contributed by atoms with Gasteiger partial charge in [-0.05, 0) is 0 Å². The van der Waals surface area contributed by atoms with E-state index in [0.29, 0.717) is 11.5 Å². The second-order valence-corrected chi connectivity index (χ2v) is 1.67. The third-order valence-corrected chi connectivity index (χ3v) is 1.06. The number of H-pyrrole nitrogens is 1. The summed E-state index contributed by atoms with van der Waals surface area (Å²) in [6, 6.07) is 0. The molecule has 2 heterocycles. The molecule has 0 spiro atoms. The molecule has 0 unspecified atom stereocenters. The fourth-order valence-corrected chi connectivity index (χ4v) is 0.627. The molecule has 0 fully saturated rings. The van der Waals surface area contributed by atoms with Gasteiger partial charge in [-0.3, -0.25) is 5.10 Å². The topological polar surface area (TPSA) is 67.6 Å². The van der Waals surface area contributed by atoms with Gasteiger partial charge in [-0.1, -0.05) is 5.21 Å². The second kappa shape index (κ2) is 1.94. The maximum Gasteiger partial charge on any atom is 0.284 e. The van der Waals surface area contributed by atoms with E-state index < -0.39 is 0 Å². The molecule has 0 saturated carbocycles. The van der Waals surface area contributed by atoms with Crippen molar-refractivity contribution in [2.45, 2.75) is 0 Å². The van der Waals surface area contributed by atoms with Gasteiger partial charge in [0.1, 0.15) is 5.69 Å². The molecule has 10 heavy (non-hydrogen) atoms. The SMILES string of the molecule is [c]1ncc(-c2c[nH]nn2)o1. The number of nitrogens with zero attached hydrogens (tertiary/aromatic N) is 3. The molecular weight excluding hydrogens is 132 g/mol. The predicted octanol–water partition coefficient (Wildman–Crippen LogP) is 0.260. The second-order valence-electron chi connectivity index (χ2n) is 1.67. The van der Waals surface area contributed by atoms with Crippen molar-refractivity contribution in [2.75, 3.05) is 0 Å². The number of oxazole rings is 1. The Morgan fingerprint density at radius 3 is 3.20 bits per heavy atom. The van der Waals surface area contributed by atoms with Gasteiger partial charge in [0.25, 0.3) is 6.39 Å². The normalized spacial score (nSPS) is 10.0. The molecule has 0 aliphatic carbocycles. The molecule has 49 valence electrons. The minimum Gasteiger partial charge on any atom is -0.431 e. The fourth-order valence-electron chi connectivity index (χ4n) is 0.627. The molecule has 1 N–H and O–H groups in total. The average molecular weight is 135 g/mol. The highest BCUT2D eigenvalue weighted by Gasteiger charge is 2.02. The van der Waals surface area contributed by atoms with Crippen molar-refractivity contribution in [3.63, 3.8) is 0 Å². The molecule has 0 aliphatic heterocycles. The molecule has 5 nitrogen and oxygen atoms in total. The van der Waals surface area contributed by atoms with E-state index in [-0.39, 0.29) is 0 Å². The summed E-state index contributed by atoms with van der Waals surface area (Å²) in [5.74, 6) is 0.564. The standard InChI is InChI=1S/C5H3N4O/c1-4(8-9-7-1)5-2-6-3-10-5/h1-2H,(H,7,8,9). The molecule has 0 amide bonds. The van der Waals surface area contributed by atoms with Crippen LogP contribution in [0.25, 0.3) is 11.5 Å². The lowest BCUT2D eigenvalue weighted by molar-refractivity contribution is 0.559. The van der Waals surface area contributed by atoms with Crippen LogP contribution in [-0.4, -0.2) is 20.4 Å². The Hall–Kier alpha value is -1.65. The fraction of sp³-hybridized carbons (Fsp3) is 0. The summed E-state index contributed by atoms with van der Waals surface area (Å²) in [5, 5.41) is 9.76. The van der Waals surface area contributed by atoms with Crippen LogP contribution in [0.1, 0.15) is 0 Å². The summed E-state index contributed by atoms with van der Waals surface area (Å²) < 4.78 is 4.82. The smallest absolute Gasteiger partial charge is 0.284 e. The van der Waals surface area contributed by atoms with Gasteiger partial charge in [0.15, 0.2) is 5.76 Å². The first kappa shape index (κ1) is 5.16. The summed E-state index contributed by atoms with van der Waals surface area (Å²) in [6.07, 6.45) is 5.46. The lowest BCUT2D eigenvalue weighted by Gasteiger charge is -1.79. The summed E-state index contributed by atoms with van der Waals surface area (Å²) in [6.45, 7) is 0. The van der Waals surface area contributed by atoms with Gasteiger partial charge in [-0.2, -0.15) is 0 Å². The number of hydrogen-bond donors (Lipinski definition) is 1. The molecule has 2 rings (SSSR count). The van der Waals surface area contributed by atoms with Gasteiger partial charge in [-0.25, -0.2) is 4.98 Å². The zero-order valence-corrected chi connectivity index (χ0v) is 4.90. The molecule has 5 heteroatoms. The molecule has 1 radical (unpaired) electrons. The first-order valence-electron chi connectivity index (χ1n) is 2.65. The number of hydrogen-bond acceptors (Lipinski definition) is 4. The first-order chi connectivity index (χ1) is 4.97. The molecular formula is C5H3N4O. The van der Waals surface area contributed by atoms with Crippen LogP contribution in [0.3, 0.4) is 0 Å². The van der Waals surface area contributed by atoms with Crippen molar-refractivity contribution >= 4 is 0 Å². The van der Waals surface area contributed by atoms with Crippen molar-refractivity contribution in [2.24, 2.45) is 0 Å². The molecule has 2 aromatic heterocycles. The van der Waals surface area contributed by atoms with Crippen molar-refractivity contribution < 1.29 is 4.42 Å². The number of aromatic nitrogens is 4. The molecule has 0 saturated heterocycles. The third kappa shape index (κ3) is 0.680. The van der Waals surface area contributed by atoms with E-state index in [2.05, 4.69) is 26.8 Å². The molecule has 0 aromatic carbocycles. The minimum absolute atomic E-state index is 0.564. The van der Waals surface area contributed by atoms with E-state index in [9.17, 15) is 0 Å². The molecule has 0 bridgehead atoms. The first-order valence-corrected chi connectivity index (χ1v) is 2.65. The Morgan fingerprint density at radius 1 is 1.60 bits per heavy atom. The maximum atomic E-state index is 4.82. The largest absolute Gasteiger partial charge is 0.431 e. The highest BCUT2D eigenvalue weighted by molar-refractivity contribution is 5.47. The number of nitrogens with one attached hydrogen (secondary N) is 1. The number of rotatable bonds is 1. The van der Waals surface area contributed by atoms with Crippen molar-refractivity contribution in [3.05, 3.63) is 18.8 Å². The van der Waals surface area contributed by atoms with Gasteiger partial charge in [0, 0.05) is 0 Å². The number of aromatic amines is 1. The van der Waals surface area contributed by atoms with Crippen molar-refractivity contribution in [3.8, 4) is 11.5 Å². The van der Waals surface area contributed by atoms with Crippen LogP contribution in [0.2, 0.25) is 0 Å². The van der Waals surface area contributed by atoms with E-state index in [4.69, 9.17) is 4.42 Å². The van der Waals surface area contributed by atoms with Gasteiger partial charge >= 0.3 is 0 Å². The Bertz CT molecular complexity index is 253. The molecule has 0 aliphatic rings. The Morgan fingerprint density at radius 2 is 2.60 bits per heavy atom. The Balaban J connectivity index is 2.48. The van der Waals surface area contributed by atoms with Crippen molar-refractivity contribution in [1.82, 2.24) is 20.4 Å². The van der Waals surface area contributed by atoms with E-state index in [1.165, 1.54) is 6.20 Å². The Labute approximate surface area is 56.1 Å². The van der Waals surface area contributed by atoms with Crippen LogP contribution in [-0.2, 0) is 0 Å². The highest BCUT2D eigenvalue weighted by atomic mass is 16.3. The highest BCUT2D eigenvalue weighted by Crippen LogP contribution is 2.11. The quantitative estimate of drug-likeness (QED) is 0.609. The van der Waals surface area contributed by atoms with Crippen LogP contribution in [0, 0.1) is 6.39 Å². The summed E-state index contributed by atoms with van der Waals surface area (Å²) >= 11 is 0. The van der Waals surface area contributed by atoms with Crippen LogP contribution in [0.4, 0.5) is 0 Å². The third-order valence-electron chi connectivity index (χ3n) is 1.06.